The Morgan fingerprint density at radius 3 is 2.17 bits per heavy atom. The van der Waals surface area contributed by atoms with Gasteiger partial charge in [-0.3, -0.25) is 9.59 Å². The van der Waals surface area contributed by atoms with Crippen molar-refractivity contribution in [2.45, 2.75) is 23.2 Å². The summed E-state index contributed by atoms with van der Waals surface area (Å²) in [6.45, 7) is 4.15. The van der Waals surface area contributed by atoms with Crippen LogP contribution in [0.5, 0.6) is 0 Å². The zero-order valence-electron chi connectivity index (χ0n) is 15.7. The number of nitrogens with one attached hydrogen (secondary N) is 1. The summed E-state index contributed by atoms with van der Waals surface area (Å²) in [6, 6.07) is 14.6. The van der Waals surface area contributed by atoms with Gasteiger partial charge in [0, 0.05) is 18.1 Å². The molecule has 1 aliphatic rings. The van der Waals surface area contributed by atoms with Gasteiger partial charge >= 0.3 is 0 Å². The minimum Gasteiger partial charge on any atom is -0.339 e. The Morgan fingerprint density at radius 1 is 1.03 bits per heavy atom. The Kier molecular flexibility index (Phi) is 6.10. The molecule has 0 spiro atoms. The Bertz CT molecular complexity index is 1010. The lowest BCUT2D eigenvalue weighted by molar-refractivity contribution is -0.132. The Labute approximate surface area is 175 Å². The average Bonchev–Trinajstić information content (AvgIpc) is 2.73. The zero-order valence-corrected chi connectivity index (χ0v) is 17.2. The molecule has 0 saturated carbocycles. The highest BCUT2D eigenvalue weighted by Gasteiger charge is 2.44. The van der Waals surface area contributed by atoms with Gasteiger partial charge in [-0.05, 0) is 48.7 Å². The van der Waals surface area contributed by atoms with E-state index < -0.39 is 21.3 Å². The Balaban J connectivity index is 1.91. The quantitative estimate of drug-likeness (QED) is 0.736. The summed E-state index contributed by atoms with van der Waals surface area (Å²) >= 11 is 5.82. The highest BCUT2D eigenvalue weighted by molar-refractivity contribution is 7.90. The minimum absolute atomic E-state index is 0.0438. The number of benzene rings is 2. The molecule has 152 valence electrons. The van der Waals surface area contributed by atoms with Gasteiger partial charge in [0.05, 0.1) is 10.3 Å². The Hall–Kier alpha value is -2.64. The van der Waals surface area contributed by atoms with E-state index in [0.29, 0.717) is 31.0 Å². The SMILES string of the molecule is C=CC(=O)N1CCC(C(=O)NS(=O)(=O)c2ccc(Cl)cc2)(c2ccccc2)CC1. The number of hydrogen-bond acceptors (Lipinski definition) is 4. The molecule has 1 N–H and O–H groups in total. The predicted octanol–water partition coefficient (Wildman–Crippen LogP) is 2.89. The molecule has 8 heteroatoms. The molecule has 1 aliphatic heterocycles. The third-order valence-corrected chi connectivity index (χ3v) is 6.81. The molecule has 6 nitrogen and oxygen atoms in total. The predicted molar refractivity (Wildman–Crippen MR) is 111 cm³/mol. The number of carbonyl (C=O) groups is 2. The van der Waals surface area contributed by atoms with Gasteiger partial charge in [-0.15, -0.1) is 0 Å². The van der Waals surface area contributed by atoms with Gasteiger partial charge < -0.3 is 4.90 Å². The highest BCUT2D eigenvalue weighted by atomic mass is 35.5. The van der Waals surface area contributed by atoms with E-state index >= 15 is 0 Å². The van der Waals surface area contributed by atoms with Crippen molar-refractivity contribution < 1.29 is 18.0 Å². The fourth-order valence-electron chi connectivity index (χ4n) is 3.53. The van der Waals surface area contributed by atoms with Crippen LogP contribution >= 0.6 is 11.6 Å². The lowest BCUT2D eigenvalue weighted by Gasteiger charge is -2.40. The first-order valence-electron chi connectivity index (χ1n) is 9.08. The number of amides is 2. The fraction of sp³-hybridized carbons (Fsp3) is 0.238. The van der Waals surface area contributed by atoms with E-state index in [4.69, 9.17) is 11.6 Å². The number of halogens is 1. The summed E-state index contributed by atoms with van der Waals surface area (Å²) in [6.07, 6.45) is 1.84. The van der Waals surface area contributed by atoms with Gasteiger partial charge in [-0.1, -0.05) is 48.5 Å². The smallest absolute Gasteiger partial charge is 0.264 e. The maximum atomic E-state index is 13.3. The van der Waals surface area contributed by atoms with Crippen LogP contribution in [0.1, 0.15) is 18.4 Å². The van der Waals surface area contributed by atoms with Gasteiger partial charge in [-0.2, -0.15) is 0 Å². The van der Waals surface area contributed by atoms with E-state index in [0.717, 1.165) is 5.56 Å². The van der Waals surface area contributed by atoms with Crippen LogP contribution in [0.15, 0.2) is 72.1 Å². The monoisotopic (exact) mass is 432 g/mol. The molecule has 2 aromatic rings. The summed E-state index contributed by atoms with van der Waals surface area (Å²) in [5.41, 5.74) is -0.340. The summed E-state index contributed by atoms with van der Waals surface area (Å²) in [5, 5.41) is 0.398. The second-order valence-electron chi connectivity index (χ2n) is 6.87. The van der Waals surface area contributed by atoms with Crippen molar-refractivity contribution in [3.05, 3.63) is 77.8 Å². The number of rotatable bonds is 5. The highest BCUT2D eigenvalue weighted by Crippen LogP contribution is 2.36. The second kappa shape index (κ2) is 8.39. The van der Waals surface area contributed by atoms with Gasteiger partial charge in [0.2, 0.25) is 11.8 Å². The largest absolute Gasteiger partial charge is 0.339 e. The molecule has 3 rings (SSSR count). The molecule has 1 fully saturated rings. The van der Waals surface area contributed by atoms with Crippen molar-refractivity contribution in [2.24, 2.45) is 0 Å². The standard InChI is InChI=1S/C21H21ClN2O4S/c1-2-19(25)24-14-12-21(13-15-24,16-6-4-3-5-7-16)20(26)23-29(27,28)18-10-8-17(22)9-11-18/h2-11H,1,12-15H2,(H,23,26). The molecule has 0 bridgehead atoms. The van der Waals surface area contributed by atoms with Crippen LogP contribution in [0.4, 0.5) is 0 Å². The van der Waals surface area contributed by atoms with Crippen molar-refractivity contribution in [1.82, 2.24) is 9.62 Å². The first-order chi connectivity index (χ1) is 13.8. The second-order valence-corrected chi connectivity index (χ2v) is 8.98. The number of sulfonamides is 1. The molecule has 0 aromatic heterocycles. The van der Waals surface area contributed by atoms with Gasteiger partial charge in [0.15, 0.2) is 0 Å². The van der Waals surface area contributed by atoms with Crippen molar-refractivity contribution in [1.29, 1.82) is 0 Å². The number of likely N-dealkylation sites (tertiary alicyclic amines) is 1. The first kappa shape index (κ1) is 21.1. The van der Waals surface area contributed by atoms with Crippen LogP contribution in [0.3, 0.4) is 0 Å². The summed E-state index contributed by atoms with van der Waals surface area (Å²) in [5.74, 6) is -0.815. The van der Waals surface area contributed by atoms with Gasteiger partial charge in [0.1, 0.15) is 0 Å². The topological polar surface area (TPSA) is 83.6 Å². The maximum Gasteiger partial charge on any atom is 0.264 e. The molecule has 0 radical (unpaired) electrons. The summed E-state index contributed by atoms with van der Waals surface area (Å²) < 4.78 is 27.7. The number of nitrogens with zero attached hydrogens (tertiary/aromatic N) is 1. The van der Waals surface area contributed by atoms with Crippen LogP contribution in [0.25, 0.3) is 0 Å². The Morgan fingerprint density at radius 2 is 1.62 bits per heavy atom. The van der Waals surface area contributed by atoms with Gasteiger partial charge in [0.25, 0.3) is 10.0 Å². The van der Waals surface area contributed by atoms with Crippen LogP contribution < -0.4 is 4.72 Å². The minimum atomic E-state index is -4.06. The van der Waals surface area contributed by atoms with E-state index in [1.807, 2.05) is 6.07 Å². The van der Waals surface area contributed by atoms with Crippen LogP contribution in [0.2, 0.25) is 5.02 Å². The van der Waals surface area contributed by atoms with E-state index in [9.17, 15) is 18.0 Å². The summed E-state index contributed by atoms with van der Waals surface area (Å²) in [7, 11) is -4.06. The zero-order chi connectivity index (χ0) is 21.1. The number of hydrogen-bond donors (Lipinski definition) is 1. The molecule has 1 heterocycles. The molecule has 1 saturated heterocycles. The first-order valence-corrected chi connectivity index (χ1v) is 10.9. The van der Waals surface area contributed by atoms with Gasteiger partial charge in [-0.25, -0.2) is 13.1 Å². The average molecular weight is 433 g/mol. The third kappa shape index (κ3) is 4.36. The third-order valence-electron chi connectivity index (χ3n) is 5.22. The van der Waals surface area contributed by atoms with Crippen LogP contribution in [0, 0.1) is 0 Å². The van der Waals surface area contributed by atoms with Crippen molar-refractivity contribution >= 4 is 33.4 Å². The molecule has 0 atom stereocenters. The fourth-order valence-corrected chi connectivity index (χ4v) is 4.71. The van der Waals surface area contributed by atoms with Crippen LogP contribution in [-0.2, 0) is 25.0 Å². The van der Waals surface area contributed by atoms with Crippen molar-refractivity contribution in [3.8, 4) is 0 Å². The van der Waals surface area contributed by atoms with E-state index in [1.54, 1.807) is 29.2 Å². The van der Waals surface area contributed by atoms with Crippen molar-refractivity contribution in [2.75, 3.05) is 13.1 Å². The summed E-state index contributed by atoms with van der Waals surface area (Å²) in [4.78, 5) is 26.8. The molecule has 0 unspecified atom stereocenters. The number of carbonyl (C=O) groups excluding carboxylic acids is 2. The molecule has 29 heavy (non-hydrogen) atoms. The normalized spacial score (nSPS) is 16.1. The van der Waals surface area contributed by atoms with Crippen LogP contribution in [-0.4, -0.2) is 38.2 Å². The molecular weight excluding hydrogens is 412 g/mol. The molecule has 0 aliphatic carbocycles. The lowest BCUT2D eigenvalue weighted by Crippen LogP contribution is -2.53. The van der Waals surface area contributed by atoms with Crippen molar-refractivity contribution in [3.63, 3.8) is 0 Å². The van der Waals surface area contributed by atoms with E-state index in [1.165, 1.54) is 30.3 Å². The molecular formula is C21H21ClN2O4S. The molecule has 2 amide bonds. The van der Waals surface area contributed by atoms with E-state index in [-0.39, 0.29) is 10.8 Å². The van der Waals surface area contributed by atoms with E-state index in [2.05, 4.69) is 11.3 Å². The lowest BCUT2D eigenvalue weighted by atomic mass is 9.72. The number of piperidine rings is 1. The maximum absolute atomic E-state index is 13.3. The molecule has 2 aromatic carbocycles.